The molecule has 1 aromatic heterocycles. The quantitative estimate of drug-likeness (QED) is 0.793. The van der Waals surface area contributed by atoms with Crippen LogP contribution in [0.5, 0.6) is 0 Å². The van der Waals surface area contributed by atoms with Crippen molar-refractivity contribution in [2.45, 2.75) is 44.7 Å². The minimum Gasteiger partial charge on any atom is -0.370 e. The van der Waals surface area contributed by atoms with Crippen LogP contribution in [0.3, 0.4) is 0 Å². The lowest BCUT2D eigenvalue weighted by atomic mass is 9.84. The minimum absolute atomic E-state index is 0.0166. The zero-order chi connectivity index (χ0) is 19.8. The summed E-state index contributed by atoms with van der Waals surface area (Å²) in [7, 11) is 0. The number of pyridine rings is 1. The first-order valence-corrected chi connectivity index (χ1v) is 9.80. The van der Waals surface area contributed by atoms with Crippen LogP contribution in [0, 0.1) is 0 Å². The third-order valence-corrected chi connectivity index (χ3v) is 5.14. The Kier molecular flexibility index (Phi) is 4.57. The molecular formula is C22H27N5O. The summed E-state index contributed by atoms with van der Waals surface area (Å²) in [4.78, 5) is 24.1. The smallest absolute Gasteiger partial charge is 0.255 e. The Hall–Kier alpha value is -2.89. The molecule has 6 heteroatoms. The number of hydrogen-bond donors (Lipinski definition) is 2. The first-order valence-electron chi connectivity index (χ1n) is 9.80. The van der Waals surface area contributed by atoms with Gasteiger partial charge in [0, 0.05) is 18.9 Å². The lowest BCUT2D eigenvalue weighted by Crippen LogP contribution is -2.63. The highest BCUT2D eigenvalue weighted by molar-refractivity contribution is 6.10. The number of nitrogens with one attached hydrogen (secondary N) is 2. The third kappa shape index (κ3) is 3.59. The summed E-state index contributed by atoms with van der Waals surface area (Å²) < 4.78 is 0. The average molecular weight is 377 g/mol. The van der Waals surface area contributed by atoms with Crippen LogP contribution < -0.4 is 10.6 Å². The normalized spacial score (nSPS) is 23.1. The van der Waals surface area contributed by atoms with Crippen LogP contribution in [0.2, 0.25) is 0 Å². The van der Waals surface area contributed by atoms with Crippen LogP contribution in [0.4, 0.5) is 11.4 Å². The number of nitrogens with zero attached hydrogens (tertiary/aromatic N) is 3. The van der Waals surface area contributed by atoms with Crippen molar-refractivity contribution >= 4 is 23.1 Å². The molecule has 146 valence electrons. The molecule has 0 radical (unpaired) electrons. The predicted molar refractivity (Wildman–Crippen MR) is 113 cm³/mol. The first-order chi connectivity index (χ1) is 13.4. The van der Waals surface area contributed by atoms with Crippen LogP contribution in [0.25, 0.3) is 0 Å². The van der Waals surface area contributed by atoms with E-state index in [2.05, 4.69) is 48.5 Å². The number of benzene rings is 1. The predicted octanol–water partition coefficient (Wildman–Crippen LogP) is 3.79. The van der Waals surface area contributed by atoms with Gasteiger partial charge in [-0.15, -0.1) is 0 Å². The highest BCUT2D eigenvalue weighted by Gasteiger charge is 2.45. The van der Waals surface area contributed by atoms with Crippen molar-refractivity contribution < 1.29 is 4.79 Å². The molecule has 0 saturated carbocycles. The van der Waals surface area contributed by atoms with Gasteiger partial charge in [0.25, 0.3) is 5.91 Å². The SMILES string of the molecule is CC(C)(C)N=C1Nc2ccccc2N[C@]12CCCN(C(=O)c1cccnc1)C2. The molecule has 2 aliphatic heterocycles. The molecule has 1 fully saturated rings. The number of aromatic nitrogens is 1. The summed E-state index contributed by atoms with van der Waals surface area (Å²) in [5.74, 6) is 0.922. The van der Waals surface area contributed by atoms with Gasteiger partial charge in [0.15, 0.2) is 0 Å². The molecule has 0 bridgehead atoms. The van der Waals surface area contributed by atoms with E-state index >= 15 is 0 Å². The van der Waals surface area contributed by atoms with Crippen molar-refractivity contribution in [1.82, 2.24) is 9.88 Å². The van der Waals surface area contributed by atoms with Crippen LogP contribution in [-0.2, 0) is 0 Å². The molecule has 1 saturated heterocycles. The molecule has 0 unspecified atom stereocenters. The van der Waals surface area contributed by atoms with Crippen LogP contribution in [0.15, 0.2) is 53.8 Å². The van der Waals surface area contributed by atoms with Crippen LogP contribution in [-0.4, -0.2) is 45.8 Å². The van der Waals surface area contributed by atoms with E-state index in [4.69, 9.17) is 4.99 Å². The molecule has 4 rings (SSSR count). The van der Waals surface area contributed by atoms with Gasteiger partial charge >= 0.3 is 0 Å². The van der Waals surface area contributed by atoms with Crippen molar-refractivity contribution in [2.75, 3.05) is 23.7 Å². The highest BCUT2D eigenvalue weighted by atomic mass is 16.2. The molecule has 1 amide bonds. The number of fused-ring (bicyclic) bond motifs is 1. The van der Waals surface area contributed by atoms with Gasteiger partial charge < -0.3 is 15.5 Å². The highest BCUT2D eigenvalue weighted by Crippen LogP contribution is 2.37. The largest absolute Gasteiger partial charge is 0.370 e. The Morgan fingerprint density at radius 1 is 1.18 bits per heavy atom. The topological polar surface area (TPSA) is 69.6 Å². The van der Waals surface area contributed by atoms with Gasteiger partial charge in [0.1, 0.15) is 11.4 Å². The number of amides is 1. The van der Waals surface area contributed by atoms with Gasteiger partial charge in [-0.3, -0.25) is 14.8 Å². The number of piperidine rings is 1. The van der Waals surface area contributed by atoms with Crippen molar-refractivity contribution in [3.8, 4) is 0 Å². The number of carbonyl (C=O) groups is 1. The summed E-state index contributed by atoms with van der Waals surface area (Å²) in [6.45, 7) is 7.59. The molecule has 1 spiro atoms. The number of carbonyl (C=O) groups excluding carboxylic acids is 1. The summed E-state index contributed by atoms with van der Waals surface area (Å²) in [5.41, 5.74) is 2.05. The number of amidine groups is 1. The second-order valence-electron chi connectivity index (χ2n) is 8.58. The molecule has 2 N–H and O–H groups in total. The number of anilines is 2. The Morgan fingerprint density at radius 3 is 2.68 bits per heavy atom. The molecule has 1 atom stereocenters. The Labute approximate surface area is 166 Å². The second kappa shape index (κ2) is 6.93. The minimum atomic E-state index is -0.419. The van der Waals surface area contributed by atoms with Gasteiger partial charge in [-0.2, -0.15) is 0 Å². The molecule has 1 aromatic carbocycles. The Morgan fingerprint density at radius 2 is 1.96 bits per heavy atom. The number of para-hydroxylation sites is 2. The number of rotatable bonds is 1. The summed E-state index contributed by atoms with van der Waals surface area (Å²) in [5, 5.41) is 7.27. The van der Waals surface area contributed by atoms with E-state index < -0.39 is 5.54 Å². The maximum Gasteiger partial charge on any atom is 0.255 e. The summed E-state index contributed by atoms with van der Waals surface area (Å²) in [6, 6.07) is 11.8. The number of likely N-dealkylation sites (tertiary alicyclic amines) is 1. The van der Waals surface area contributed by atoms with Crippen molar-refractivity contribution in [3.05, 3.63) is 54.4 Å². The van der Waals surface area contributed by atoms with E-state index in [0.29, 0.717) is 12.1 Å². The monoisotopic (exact) mass is 377 g/mol. The zero-order valence-electron chi connectivity index (χ0n) is 16.7. The van der Waals surface area contributed by atoms with E-state index in [9.17, 15) is 4.79 Å². The maximum absolute atomic E-state index is 13.1. The molecular weight excluding hydrogens is 350 g/mol. The van der Waals surface area contributed by atoms with Gasteiger partial charge in [-0.05, 0) is 57.9 Å². The average Bonchev–Trinajstić information content (AvgIpc) is 2.68. The van der Waals surface area contributed by atoms with E-state index in [-0.39, 0.29) is 11.4 Å². The molecule has 6 nitrogen and oxygen atoms in total. The van der Waals surface area contributed by atoms with Crippen LogP contribution in [0.1, 0.15) is 44.0 Å². The summed E-state index contributed by atoms with van der Waals surface area (Å²) >= 11 is 0. The van der Waals surface area contributed by atoms with Crippen molar-refractivity contribution in [3.63, 3.8) is 0 Å². The van der Waals surface area contributed by atoms with E-state index in [1.54, 1.807) is 18.5 Å². The van der Waals surface area contributed by atoms with E-state index in [0.717, 1.165) is 36.6 Å². The Balaban J connectivity index is 1.70. The third-order valence-electron chi connectivity index (χ3n) is 5.14. The van der Waals surface area contributed by atoms with E-state index in [1.165, 1.54) is 0 Å². The van der Waals surface area contributed by atoms with Gasteiger partial charge in [0.05, 0.1) is 29.0 Å². The molecule has 2 aromatic rings. The van der Waals surface area contributed by atoms with Crippen molar-refractivity contribution in [1.29, 1.82) is 0 Å². The fraction of sp³-hybridized carbons (Fsp3) is 0.409. The lowest BCUT2D eigenvalue weighted by molar-refractivity contribution is 0.0694. The molecule has 2 aliphatic rings. The molecule has 28 heavy (non-hydrogen) atoms. The first kappa shape index (κ1) is 18.5. The fourth-order valence-corrected chi connectivity index (χ4v) is 3.93. The Bertz CT molecular complexity index is 903. The fourth-order valence-electron chi connectivity index (χ4n) is 3.93. The standard InChI is InChI=1S/C22H27N5O/c1-21(2,3)26-20-22(25-18-10-5-4-9-17(18)24-20)11-7-13-27(15-22)19(28)16-8-6-12-23-14-16/h4-6,8-10,12,14,25H,7,11,13,15H2,1-3H3,(H,24,26)/t22-/m0/s1. The lowest BCUT2D eigenvalue weighted by Gasteiger charge is -2.47. The van der Waals surface area contributed by atoms with Crippen molar-refractivity contribution in [2.24, 2.45) is 4.99 Å². The maximum atomic E-state index is 13.1. The summed E-state index contributed by atoms with van der Waals surface area (Å²) in [6.07, 6.45) is 5.15. The van der Waals surface area contributed by atoms with Gasteiger partial charge in [-0.1, -0.05) is 12.1 Å². The molecule has 0 aliphatic carbocycles. The zero-order valence-corrected chi connectivity index (χ0v) is 16.7. The van der Waals surface area contributed by atoms with Crippen LogP contribution >= 0.6 is 0 Å². The van der Waals surface area contributed by atoms with Gasteiger partial charge in [-0.25, -0.2) is 0 Å². The number of aliphatic imine (C=N–C) groups is 1. The second-order valence-corrected chi connectivity index (χ2v) is 8.58. The number of hydrogen-bond acceptors (Lipinski definition) is 4. The van der Waals surface area contributed by atoms with E-state index in [1.807, 2.05) is 23.1 Å². The van der Waals surface area contributed by atoms with Gasteiger partial charge in [0.2, 0.25) is 0 Å². The molecule has 3 heterocycles.